The third-order valence-corrected chi connectivity index (χ3v) is 7.93. The highest BCUT2D eigenvalue weighted by atomic mass is 19.1. The molecule has 0 aliphatic carbocycles. The summed E-state index contributed by atoms with van der Waals surface area (Å²) in [4.78, 5) is 32.1. The molecule has 0 saturated carbocycles. The SMILES string of the molecule is CCCC(C)[N+]#Cc1ccc(C2(F)CCN(C(=O)c3cc(NC(=O)NC[C@H]4CCCO4)c(C)cc3C)CC2)cc1. The van der Waals surface area contributed by atoms with Gasteiger partial charge < -0.3 is 20.3 Å². The summed E-state index contributed by atoms with van der Waals surface area (Å²) < 4.78 is 21.5. The van der Waals surface area contributed by atoms with Crippen molar-refractivity contribution in [2.24, 2.45) is 0 Å². The van der Waals surface area contributed by atoms with Gasteiger partial charge in [0.1, 0.15) is 11.2 Å². The lowest BCUT2D eigenvalue weighted by atomic mass is 9.85. The van der Waals surface area contributed by atoms with Crippen LogP contribution in [-0.4, -0.2) is 55.2 Å². The number of carbonyl (C=O) groups excluding carboxylic acids is 2. The third kappa shape index (κ3) is 7.39. The zero-order valence-electron chi connectivity index (χ0n) is 24.2. The summed E-state index contributed by atoms with van der Waals surface area (Å²) in [6, 6.07) is 13.9. The summed E-state index contributed by atoms with van der Waals surface area (Å²) >= 11 is 0. The molecule has 0 spiro atoms. The number of hydrogen-bond donors (Lipinski definition) is 2. The van der Waals surface area contributed by atoms with Gasteiger partial charge in [0.25, 0.3) is 11.9 Å². The second-order valence-electron chi connectivity index (χ2n) is 11.2. The van der Waals surface area contributed by atoms with E-state index >= 15 is 4.39 Å². The van der Waals surface area contributed by atoms with Crippen molar-refractivity contribution in [3.8, 4) is 6.07 Å². The maximum absolute atomic E-state index is 16.0. The molecule has 2 aromatic carbocycles. The fourth-order valence-corrected chi connectivity index (χ4v) is 5.43. The van der Waals surface area contributed by atoms with E-state index in [-0.39, 0.29) is 36.9 Å². The van der Waals surface area contributed by atoms with E-state index in [0.717, 1.165) is 49.0 Å². The summed E-state index contributed by atoms with van der Waals surface area (Å²) in [7, 11) is 0. The monoisotopic (exact) mass is 549 g/mol. The van der Waals surface area contributed by atoms with Crippen molar-refractivity contribution in [2.75, 3.05) is 31.6 Å². The topological polar surface area (TPSA) is 75.0 Å². The normalized spacial score (nSPS) is 18.9. The Morgan fingerprint density at radius 3 is 2.55 bits per heavy atom. The standard InChI is InChI=1S/C32H41FN4O3/c1-5-7-24(4)34-20-25-9-11-26(12-10-25)32(33)13-15-37(16-14-32)30(38)28-19-29(23(3)18-22(28)2)36-31(39)35-21-27-8-6-17-40-27/h9-12,18-19,24,27H,5-8,13-17,21H2,1-4H3,(H-,35,36,39)/p+1/t24?,27-/m1/s1. The first kappa shape index (κ1) is 29.5. The minimum Gasteiger partial charge on any atom is -0.376 e. The van der Waals surface area contributed by atoms with Gasteiger partial charge in [-0.15, -0.1) is 0 Å². The van der Waals surface area contributed by atoms with Crippen molar-refractivity contribution in [1.29, 1.82) is 0 Å². The molecule has 2 aliphatic rings. The number of halogens is 1. The Morgan fingerprint density at radius 2 is 1.90 bits per heavy atom. The van der Waals surface area contributed by atoms with Gasteiger partial charge in [-0.3, -0.25) is 4.79 Å². The smallest absolute Gasteiger partial charge is 0.319 e. The van der Waals surface area contributed by atoms with Crippen LogP contribution in [0.1, 0.15) is 85.0 Å². The van der Waals surface area contributed by atoms with Gasteiger partial charge in [0.15, 0.2) is 0 Å². The molecule has 2 saturated heterocycles. The van der Waals surface area contributed by atoms with Crippen molar-refractivity contribution in [1.82, 2.24) is 10.2 Å². The number of nitrogens with zero attached hydrogens (tertiary/aromatic N) is 2. The Labute approximate surface area is 237 Å². The summed E-state index contributed by atoms with van der Waals surface area (Å²) in [5.74, 6) is -0.148. The Morgan fingerprint density at radius 1 is 1.18 bits per heavy atom. The average molecular weight is 550 g/mol. The van der Waals surface area contributed by atoms with Gasteiger partial charge in [-0.05, 0) is 68.0 Å². The van der Waals surface area contributed by atoms with E-state index in [4.69, 9.17) is 4.74 Å². The molecule has 40 heavy (non-hydrogen) atoms. The molecule has 3 amide bonds. The van der Waals surface area contributed by atoms with Crippen LogP contribution in [0, 0.1) is 19.9 Å². The number of anilines is 1. The number of hydrogen-bond acceptors (Lipinski definition) is 3. The van der Waals surface area contributed by atoms with Gasteiger partial charge in [-0.2, -0.15) is 0 Å². The average Bonchev–Trinajstić information content (AvgIpc) is 3.47. The van der Waals surface area contributed by atoms with Crippen LogP contribution in [-0.2, 0) is 10.4 Å². The van der Waals surface area contributed by atoms with Crippen LogP contribution in [0.25, 0.3) is 4.85 Å². The minimum atomic E-state index is -1.49. The molecular weight excluding hydrogens is 507 g/mol. The number of alkyl halides is 1. The van der Waals surface area contributed by atoms with E-state index in [9.17, 15) is 9.59 Å². The number of urea groups is 1. The molecule has 0 aromatic heterocycles. The maximum Gasteiger partial charge on any atom is 0.319 e. The number of ether oxygens (including phenoxy) is 1. The Hall–Kier alpha value is -3.44. The number of amides is 3. The van der Waals surface area contributed by atoms with Crippen molar-refractivity contribution in [3.05, 3.63) is 69.1 Å². The van der Waals surface area contributed by atoms with E-state index in [2.05, 4.69) is 35.4 Å². The fraction of sp³-hybridized carbons (Fsp3) is 0.531. The number of carbonyl (C=O) groups is 2. The van der Waals surface area contributed by atoms with Gasteiger partial charge in [0, 0.05) is 63.7 Å². The molecular formula is C32H42FN4O3+. The Bertz CT molecular complexity index is 1250. The summed E-state index contributed by atoms with van der Waals surface area (Å²) in [6.45, 7) is 9.80. The van der Waals surface area contributed by atoms with E-state index in [1.807, 2.05) is 44.2 Å². The molecule has 2 aliphatic heterocycles. The van der Waals surface area contributed by atoms with Gasteiger partial charge in [0.05, 0.1) is 6.10 Å². The van der Waals surface area contributed by atoms with Gasteiger partial charge >= 0.3 is 12.1 Å². The van der Waals surface area contributed by atoms with E-state index in [1.165, 1.54) is 0 Å². The summed E-state index contributed by atoms with van der Waals surface area (Å²) in [5, 5.41) is 5.72. The lowest BCUT2D eigenvalue weighted by Crippen LogP contribution is -2.43. The number of piperidine rings is 1. The molecule has 8 heteroatoms. The molecule has 0 bridgehead atoms. The number of aryl methyl sites for hydroxylation is 2. The highest BCUT2D eigenvalue weighted by molar-refractivity contribution is 5.98. The first-order valence-corrected chi connectivity index (χ1v) is 14.5. The second-order valence-corrected chi connectivity index (χ2v) is 11.2. The molecule has 2 aromatic rings. The molecule has 2 fully saturated rings. The maximum atomic E-state index is 16.0. The molecule has 4 rings (SSSR count). The molecule has 7 nitrogen and oxygen atoms in total. The van der Waals surface area contributed by atoms with Crippen molar-refractivity contribution >= 4 is 17.6 Å². The molecule has 214 valence electrons. The molecule has 2 N–H and O–H groups in total. The number of nitrogens with one attached hydrogen (secondary N) is 2. The molecule has 1 unspecified atom stereocenters. The van der Waals surface area contributed by atoms with Crippen molar-refractivity contribution < 1.29 is 18.7 Å². The van der Waals surface area contributed by atoms with Gasteiger partial charge in [-0.1, -0.05) is 30.0 Å². The van der Waals surface area contributed by atoms with Gasteiger partial charge in [0.2, 0.25) is 0 Å². The molecule has 2 atom stereocenters. The van der Waals surface area contributed by atoms with Crippen LogP contribution < -0.4 is 10.6 Å². The first-order chi connectivity index (χ1) is 19.2. The number of benzene rings is 2. The highest BCUT2D eigenvalue weighted by Gasteiger charge is 2.38. The summed E-state index contributed by atoms with van der Waals surface area (Å²) in [5.41, 5.74) is 2.77. The van der Waals surface area contributed by atoms with E-state index in [0.29, 0.717) is 36.4 Å². The lowest BCUT2D eigenvalue weighted by molar-refractivity contribution is 0.0421. The van der Waals surface area contributed by atoms with Crippen LogP contribution in [0.3, 0.4) is 0 Å². The summed E-state index contributed by atoms with van der Waals surface area (Å²) in [6.07, 6.45) is 4.54. The Balaban J connectivity index is 1.37. The molecule has 2 heterocycles. The Kier molecular flexibility index (Phi) is 9.80. The second kappa shape index (κ2) is 13.3. The van der Waals surface area contributed by atoms with Crippen LogP contribution in [0.2, 0.25) is 0 Å². The number of rotatable bonds is 7. The largest absolute Gasteiger partial charge is 0.376 e. The quantitative estimate of drug-likeness (QED) is 0.410. The van der Waals surface area contributed by atoms with Gasteiger partial charge in [-0.25, -0.2) is 9.18 Å². The number of likely N-dealkylation sites (tertiary alicyclic amines) is 1. The predicted molar refractivity (Wildman–Crippen MR) is 157 cm³/mol. The highest BCUT2D eigenvalue weighted by Crippen LogP contribution is 2.37. The van der Waals surface area contributed by atoms with Crippen LogP contribution in [0.4, 0.5) is 14.9 Å². The minimum absolute atomic E-state index is 0.0493. The van der Waals surface area contributed by atoms with Crippen molar-refractivity contribution in [3.63, 3.8) is 0 Å². The van der Waals surface area contributed by atoms with Crippen molar-refractivity contribution in [2.45, 2.75) is 84.0 Å². The zero-order chi connectivity index (χ0) is 28.7. The van der Waals surface area contributed by atoms with Crippen LogP contribution in [0.5, 0.6) is 0 Å². The van der Waals surface area contributed by atoms with E-state index in [1.54, 1.807) is 11.0 Å². The van der Waals surface area contributed by atoms with Crippen LogP contribution >= 0.6 is 0 Å². The van der Waals surface area contributed by atoms with E-state index < -0.39 is 5.67 Å². The predicted octanol–water partition coefficient (Wildman–Crippen LogP) is 6.57. The van der Waals surface area contributed by atoms with Crippen LogP contribution in [0.15, 0.2) is 36.4 Å². The third-order valence-electron chi connectivity index (χ3n) is 7.93. The molecule has 0 radical (unpaired) electrons. The first-order valence-electron chi connectivity index (χ1n) is 14.5. The lowest BCUT2D eigenvalue weighted by Gasteiger charge is -2.37. The fourth-order valence-electron chi connectivity index (χ4n) is 5.43. The zero-order valence-corrected chi connectivity index (χ0v) is 24.2.